The van der Waals surface area contributed by atoms with E-state index in [4.69, 9.17) is 11.6 Å². The van der Waals surface area contributed by atoms with Crippen molar-refractivity contribution in [1.82, 2.24) is 4.90 Å². The van der Waals surface area contributed by atoms with E-state index in [1.54, 1.807) is 6.07 Å². The highest BCUT2D eigenvalue weighted by molar-refractivity contribution is 6.33. The third-order valence-electron chi connectivity index (χ3n) is 6.06. The van der Waals surface area contributed by atoms with Crippen LogP contribution in [0.3, 0.4) is 0 Å². The summed E-state index contributed by atoms with van der Waals surface area (Å²) in [5.41, 5.74) is 0.744. The zero-order valence-electron chi connectivity index (χ0n) is 12.5. The van der Waals surface area contributed by atoms with E-state index in [1.165, 1.54) is 11.3 Å². The summed E-state index contributed by atoms with van der Waals surface area (Å²) in [6.45, 7) is 0.198. The summed E-state index contributed by atoms with van der Waals surface area (Å²) in [6, 6.07) is 7.36. The number of imide groups is 1. The van der Waals surface area contributed by atoms with E-state index >= 15 is 0 Å². The monoisotopic (exact) mass is 328 g/mol. The molecule has 23 heavy (non-hydrogen) atoms. The Balaban J connectivity index is 1.38. The van der Waals surface area contributed by atoms with Crippen LogP contribution in [-0.4, -0.2) is 23.4 Å². The van der Waals surface area contributed by atoms with Crippen LogP contribution < -0.4 is 5.32 Å². The number of nitrogens with zero attached hydrogens (tertiary/aromatic N) is 1. The van der Waals surface area contributed by atoms with Crippen molar-refractivity contribution < 1.29 is 9.59 Å². The van der Waals surface area contributed by atoms with E-state index in [0.29, 0.717) is 16.9 Å². The first-order chi connectivity index (χ1) is 11.2. The Labute approximate surface area is 139 Å². The highest BCUT2D eigenvalue weighted by Crippen LogP contribution is 2.65. The quantitative estimate of drug-likeness (QED) is 0.685. The van der Waals surface area contributed by atoms with Crippen LogP contribution in [0, 0.1) is 35.5 Å². The van der Waals surface area contributed by atoms with E-state index in [0.717, 1.165) is 5.69 Å². The fraction of sp³-hybridized carbons (Fsp3) is 0.444. The average Bonchev–Trinajstić information content (AvgIpc) is 3.33. The Hall–Kier alpha value is -1.81. The number of carbonyl (C=O) groups excluding carboxylic acids is 2. The molecular weight excluding hydrogens is 312 g/mol. The van der Waals surface area contributed by atoms with Crippen LogP contribution in [0.2, 0.25) is 5.02 Å². The molecular formula is C18H17ClN2O2. The first kappa shape index (κ1) is 13.6. The first-order valence-corrected chi connectivity index (χ1v) is 8.56. The average molecular weight is 329 g/mol. The molecule has 1 aromatic carbocycles. The zero-order valence-corrected chi connectivity index (χ0v) is 13.2. The molecule has 1 N–H and O–H groups in total. The largest absolute Gasteiger partial charge is 0.366 e. The number of anilines is 1. The Kier molecular flexibility index (Phi) is 2.72. The Morgan fingerprint density at radius 2 is 1.65 bits per heavy atom. The number of allylic oxidation sites excluding steroid dienone is 2. The van der Waals surface area contributed by atoms with Crippen LogP contribution in [0.15, 0.2) is 36.4 Å². The summed E-state index contributed by atoms with van der Waals surface area (Å²) in [5.74, 6) is 1.55. The molecule has 5 heteroatoms. The van der Waals surface area contributed by atoms with E-state index in [2.05, 4.69) is 17.5 Å². The fourth-order valence-corrected chi connectivity index (χ4v) is 5.15. The molecule has 0 aromatic heterocycles. The highest BCUT2D eigenvalue weighted by Gasteiger charge is 2.66. The number of para-hydroxylation sites is 1. The second-order valence-corrected chi connectivity index (χ2v) is 7.48. The van der Waals surface area contributed by atoms with Crippen molar-refractivity contribution in [2.75, 3.05) is 12.0 Å². The number of rotatable bonds is 3. The number of carbonyl (C=O) groups is 2. The standard InChI is InChI=1S/C18H17ClN2O2/c19-13-3-1-2-4-14(13)20-8-21-17(22)15-9-5-6-10(12-7-11(9)12)16(15)18(21)23/h1-6,9-12,15-16,20H,7-8H2/t9-,10+,11-,12-,15+,16-/m1/s1. The highest BCUT2D eigenvalue weighted by atomic mass is 35.5. The van der Waals surface area contributed by atoms with Crippen LogP contribution in [0.4, 0.5) is 5.69 Å². The lowest BCUT2D eigenvalue weighted by Gasteiger charge is -2.37. The minimum atomic E-state index is -0.130. The molecule has 4 nitrogen and oxygen atoms in total. The third kappa shape index (κ3) is 1.78. The zero-order chi connectivity index (χ0) is 15.7. The maximum Gasteiger partial charge on any atom is 0.235 e. The molecule has 2 amide bonds. The van der Waals surface area contributed by atoms with Crippen molar-refractivity contribution in [3.05, 3.63) is 41.4 Å². The van der Waals surface area contributed by atoms with Gasteiger partial charge >= 0.3 is 0 Å². The lowest BCUT2D eigenvalue weighted by Crippen LogP contribution is -2.40. The van der Waals surface area contributed by atoms with E-state index in [-0.39, 0.29) is 42.2 Å². The van der Waals surface area contributed by atoms with Gasteiger partial charge in [-0.2, -0.15) is 0 Å². The minimum absolute atomic E-state index is 0.00995. The molecule has 3 fully saturated rings. The maximum atomic E-state index is 12.8. The van der Waals surface area contributed by atoms with Gasteiger partial charge in [0.1, 0.15) is 0 Å². The van der Waals surface area contributed by atoms with Crippen LogP contribution in [-0.2, 0) is 9.59 Å². The van der Waals surface area contributed by atoms with Crippen molar-refractivity contribution >= 4 is 29.1 Å². The Morgan fingerprint density at radius 1 is 1.04 bits per heavy atom. The van der Waals surface area contributed by atoms with Crippen LogP contribution in [0.25, 0.3) is 0 Å². The SMILES string of the molecule is O=C1[C@@H]2[C@H]3C=C[C@H]([C@H]4C[C@H]34)[C@@H]2C(=O)N1CNc1ccccc1Cl. The molecule has 0 spiro atoms. The van der Waals surface area contributed by atoms with Gasteiger partial charge in [-0.15, -0.1) is 0 Å². The number of hydrogen-bond donors (Lipinski definition) is 1. The molecule has 1 saturated heterocycles. The van der Waals surface area contributed by atoms with Crippen molar-refractivity contribution in [2.24, 2.45) is 35.5 Å². The smallest absolute Gasteiger partial charge is 0.235 e. The van der Waals surface area contributed by atoms with Crippen molar-refractivity contribution in [2.45, 2.75) is 6.42 Å². The second-order valence-electron chi connectivity index (χ2n) is 7.07. The molecule has 2 saturated carbocycles. The van der Waals surface area contributed by atoms with Gasteiger partial charge in [-0.1, -0.05) is 35.9 Å². The lowest BCUT2D eigenvalue weighted by molar-refractivity contribution is -0.139. The number of likely N-dealkylation sites (tertiary alicyclic amines) is 1. The minimum Gasteiger partial charge on any atom is -0.366 e. The summed E-state index contributed by atoms with van der Waals surface area (Å²) >= 11 is 6.12. The van der Waals surface area contributed by atoms with E-state index in [1.807, 2.05) is 18.2 Å². The van der Waals surface area contributed by atoms with Crippen LogP contribution in [0.5, 0.6) is 0 Å². The maximum absolute atomic E-state index is 12.8. The van der Waals surface area contributed by atoms with Gasteiger partial charge in [0.25, 0.3) is 0 Å². The molecule has 118 valence electrons. The molecule has 1 aromatic rings. The van der Waals surface area contributed by atoms with E-state index in [9.17, 15) is 9.59 Å². The summed E-state index contributed by atoms with van der Waals surface area (Å²) in [5, 5.41) is 3.72. The lowest BCUT2D eigenvalue weighted by atomic mass is 9.63. The molecule has 1 aliphatic heterocycles. The molecule has 5 aliphatic rings. The van der Waals surface area contributed by atoms with Gasteiger partial charge in [-0.25, -0.2) is 0 Å². The predicted molar refractivity (Wildman–Crippen MR) is 86.5 cm³/mol. The van der Waals surface area contributed by atoms with Crippen molar-refractivity contribution in [1.29, 1.82) is 0 Å². The molecule has 6 rings (SSSR count). The summed E-state index contributed by atoms with van der Waals surface area (Å²) in [7, 11) is 0. The van der Waals surface area contributed by atoms with Crippen molar-refractivity contribution in [3.63, 3.8) is 0 Å². The molecule has 1 heterocycles. The number of nitrogens with one attached hydrogen (secondary N) is 1. The topological polar surface area (TPSA) is 49.4 Å². The normalized spacial score (nSPS) is 39.4. The molecule has 0 radical (unpaired) electrons. The molecule has 0 unspecified atom stereocenters. The number of halogens is 1. The van der Waals surface area contributed by atoms with Crippen molar-refractivity contribution in [3.8, 4) is 0 Å². The molecule has 2 bridgehead atoms. The Morgan fingerprint density at radius 3 is 2.26 bits per heavy atom. The van der Waals surface area contributed by atoms with Gasteiger partial charge in [-0.3, -0.25) is 14.5 Å². The molecule has 6 atom stereocenters. The number of amides is 2. The van der Waals surface area contributed by atoms with Gasteiger partial charge in [0.05, 0.1) is 29.2 Å². The molecule has 4 aliphatic carbocycles. The third-order valence-corrected chi connectivity index (χ3v) is 6.39. The first-order valence-electron chi connectivity index (χ1n) is 8.19. The van der Waals surface area contributed by atoms with Gasteiger partial charge in [-0.05, 0) is 42.2 Å². The summed E-state index contributed by atoms with van der Waals surface area (Å²) in [4.78, 5) is 27.0. The van der Waals surface area contributed by atoms with Gasteiger partial charge in [0.15, 0.2) is 0 Å². The van der Waals surface area contributed by atoms with E-state index < -0.39 is 0 Å². The number of hydrogen-bond acceptors (Lipinski definition) is 3. The van der Waals surface area contributed by atoms with Gasteiger partial charge in [0, 0.05) is 0 Å². The van der Waals surface area contributed by atoms with Gasteiger partial charge < -0.3 is 5.32 Å². The Bertz CT molecular complexity index is 710. The van der Waals surface area contributed by atoms with Crippen LogP contribution >= 0.6 is 11.6 Å². The van der Waals surface area contributed by atoms with Gasteiger partial charge in [0.2, 0.25) is 11.8 Å². The summed E-state index contributed by atoms with van der Waals surface area (Å²) < 4.78 is 0. The van der Waals surface area contributed by atoms with Crippen LogP contribution in [0.1, 0.15) is 6.42 Å². The number of benzene rings is 1. The predicted octanol–water partition coefficient (Wildman–Crippen LogP) is 2.76. The summed E-state index contributed by atoms with van der Waals surface area (Å²) in [6.07, 6.45) is 5.57. The fourth-order valence-electron chi connectivity index (χ4n) is 4.94. The second kappa shape index (κ2) is 4.60.